The van der Waals surface area contributed by atoms with Crippen molar-refractivity contribution >= 4 is 110 Å². The van der Waals surface area contributed by atoms with Gasteiger partial charge in [0.25, 0.3) is 0 Å². The van der Waals surface area contributed by atoms with Crippen LogP contribution in [0.5, 0.6) is 0 Å². The first-order chi connectivity index (χ1) is 40.7. The highest BCUT2D eigenvalue weighted by molar-refractivity contribution is 6.32. The Kier molecular flexibility index (Phi) is 10.3. The SMILES string of the molecule is c1ccc(-c2ccc(N(c3ccccc3)c3ccc4c5cc6c(cc5n5c7ccccc7c3c45)c3ccc(N(c4ccccc4)c4ccc(-c5ccccc5)cc4-c4ccccc4)c4c5ccccc5n6c34)c(-c3ccccc3)c2)cc1. The molecule has 0 bridgehead atoms. The van der Waals surface area contributed by atoms with E-state index in [9.17, 15) is 0 Å². The van der Waals surface area contributed by atoms with Crippen LogP contribution in [0.4, 0.5) is 34.1 Å². The molecule has 17 rings (SSSR count). The van der Waals surface area contributed by atoms with E-state index in [2.05, 4.69) is 322 Å². The zero-order valence-corrected chi connectivity index (χ0v) is 44.7. The molecule has 4 heteroatoms. The topological polar surface area (TPSA) is 15.3 Å². The van der Waals surface area contributed by atoms with Gasteiger partial charge in [-0.1, -0.05) is 218 Å². The van der Waals surface area contributed by atoms with Gasteiger partial charge in [-0.25, -0.2) is 0 Å². The minimum Gasteiger partial charge on any atom is -0.309 e. The van der Waals surface area contributed by atoms with Crippen molar-refractivity contribution in [2.24, 2.45) is 0 Å². The van der Waals surface area contributed by atoms with Crippen LogP contribution >= 0.6 is 0 Å². The van der Waals surface area contributed by atoms with Crippen molar-refractivity contribution in [1.82, 2.24) is 8.80 Å². The van der Waals surface area contributed by atoms with E-state index in [4.69, 9.17) is 0 Å². The number of aromatic nitrogens is 2. The third kappa shape index (κ3) is 6.92. The molecule has 0 saturated heterocycles. The van der Waals surface area contributed by atoms with Crippen molar-refractivity contribution in [3.05, 3.63) is 303 Å². The predicted octanol–water partition coefficient (Wildman–Crippen LogP) is 21.6. The normalized spacial score (nSPS) is 11.9. The van der Waals surface area contributed by atoms with E-state index in [1.807, 2.05) is 0 Å². The predicted molar refractivity (Wildman–Crippen MR) is 347 cm³/mol. The van der Waals surface area contributed by atoms with Crippen LogP contribution in [0.2, 0.25) is 0 Å². The van der Waals surface area contributed by atoms with Gasteiger partial charge in [0.2, 0.25) is 0 Å². The molecule has 0 aliphatic rings. The molecule has 4 aromatic heterocycles. The van der Waals surface area contributed by atoms with Crippen LogP contribution in [0.3, 0.4) is 0 Å². The Labute approximate surface area is 474 Å². The van der Waals surface area contributed by atoms with Gasteiger partial charge >= 0.3 is 0 Å². The van der Waals surface area contributed by atoms with Crippen molar-refractivity contribution in [3.63, 3.8) is 0 Å². The molecular formula is C78H50N4. The third-order valence-corrected chi connectivity index (χ3v) is 17.1. The second kappa shape index (κ2) is 18.3. The van der Waals surface area contributed by atoms with E-state index in [1.54, 1.807) is 0 Å². The number of hydrogen-bond donors (Lipinski definition) is 0. The molecule has 13 aromatic carbocycles. The van der Waals surface area contributed by atoms with Gasteiger partial charge in [0, 0.05) is 65.6 Å². The van der Waals surface area contributed by atoms with Crippen molar-refractivity contribution in [3.8, 4) is 44.5 Å². The molecule has 0 radical (unpaired) electrons. The molecule has 0 N–H and O–H groups in total. The molecule has 0 amide bonds. The maximum absolute atomic E-state index is 2.55. The average molecular weight is 1040 g/mol. The second-order valence-corrected chi connectivity index (χ2v) is 21.6. The lowest BCUT2D eigenvalue weighted by Crippen LogP contribution is -2.11. The van der Waals surface area contributed by atoms with Crippen molar-refractivity contribution in [2.75, 3.05) is 9.80 Å². The number of para-hydroxylation sites is 4. The van der Waals surface area contributed by atoms with E-state index in [1.165, 1.54) is 110 Å². The van der Waals surface area contributed by atoms with Crippen LogP contribution in [0.15, 0.2) is 303 Å². The zero-order chi connectivity index (χ0) is 53.8. The number of anilines is 6. The van der Waals surface area contributed by atoms with E-state index < -0.39 is 0 Å². The largest absolute Gasteiger partial charge is 0.309 e. The Hall–Kier alpha value is -10.9. The van der Waals surface area contributed by atoms with Gasteiger partial charge in [0.05, 0.1) is 55.8 Å². The number of rotatable bonds is 10. The van der Waals surface area contributed by atoms with Crippen LogP contribution in [-0.4, -0.2) is 8.80 Å². The Morgan fingerprint density at radius 2 is 0.537 bits per heavy atom. The highest BCUT2D eigenvalue weighted by Crippen LogP contribution is 2.53. The van der Waals surface area contributed by atoms with Crippen LogP contribution in [-0.2, 0) is 0 Å². The summed E-state index contributed by atoms with van der Waals surface area (Å²) in [5.41, 5.74) is 23.3. The first-order valence-electron chi connectivity index (χ1n) is 28.3. The number of benzene rings is 13. The fourth-order valence-electron chi connectivity index (χ4n) is 13.6. The fraction of sp³-hybridized carbons (Fsp3) is 0. The standard InChI is InChI=1S/C78H50N4/c1-7-23-51(24-8-1)55-39-43-69(63(47-55)53-27-11-3-12-28-53)79(57-31-15-5-16-32-57)71-45-41-59-65-49-74-66(50-73(65)81-67-37-21-19-35-61(67)75(71)77(59)81)60-42-46-72(76-62-36-20-22-38-68(62)82(74)78(60)76)80(58-33-17-6-18-34-58)70-44-40-56(52-25-9-2-10-26-52)48-64(70)54-29-13-4-14-30-54/h1-50H. The lowest BCUT2D eigenvalue weighted by molar-refractivity contribution is 1.30. The molecule has 17 aromatic rings. The number of nitrogens with zero attached hydrogens (tertiary/aromatic N) is 4. The Balaban J connectivity index is 0.916. The van der Waals surface area contributed by atoms with Gasteiger partial charge in [-0.05, 0) is 118 Å². The Bertz CT molecular complexity index is 4910. The lowest BCUT2D eigenvalue weighted by Gasteiger charge is -2.29. The molecule has 0 aliphatic carbocycles. The third-order valence-electron chi connectivity index (χ3n) is 17.1. The van der Waals surface area contributed by atoms with Crippen molar-refractivity contribution in [2.45, 2.75) is 0 Å². The smallest absolute Gasteiger partial charge is 0.0641 e. The number of hydrogen-bond acceptors (Lipinski definition) is 2. The molecule has 82 heavy (non-hydrogen) atoms. The molecule has 0 atom stereocenters. The van der Waals surface area contributed by atoms with E-state index >= 15 is 0 Å². The number of fused-ring (bicyclic) bond motifs is 12. The van der Waals surface area contributed by atoms with E-state index in [0.717, 1.165) is 45.3 Å². The van der Waals surface area contributed by atoms with Gasteiger partial charge < -0.3 is 18.6 Å². The minimum atomic E-state index is 1.10. The molecule has 0 spiro atoms. The highest BCUT2D eigenvalue weighted by Gasteiger charge is 2.29. The van der Waals surface area contributed by atoms with Crippen LogP contribution in [0, 0.1) is 0 Å². The summed E-state index contributed by atoms with van der Waals surface area (Å²) in [6.07, 6.45) is 0. The summed E-state index contributed by atoms with van der Waals surface area (Å²) in [6, 6.07) is 111. The summed E-state index contributed by atoms with van der Waals surface area (Å²) in [5.74, 6) is 0. The monoisotopic (exact) mass is 1040 g/mol. The van der Waals surface area contributed by atoms with Gasteiger partial charge in [0.1, 0.15) is 0 Å². The lowest BCUT2D eigenvalue weighted by atomic mass is 9.95. The quantitative estimate of drug-likeness (QED) is 0.136. The van der Waals surface area contributed by atoms with E-state index in [-0.39, 0.29) is 0 Å². The zero-order valence-electron chi connectivity index (χ0n) is 44.7. The molecule has 4 nitrogen and oxygen atoms in total. The summed E-state index contributed by atoms with van der Waals surface area (Å²) in [6.45, 7) is 0. The van der Waals surface area contributed by atoms with Crippen LogP contribution in [0.25, 0.3) is 121 Å². The van der Waals surface area contributed by atoms with Crippen molar-refractivity contribution < 1.29 is 0 Å². The maximum Gasteiger partial charge on any atom is 0.0641 e. The maximum atomic E-state index is 2.55. The Morgan fingerprint density at radius 3 is 0.927 bits per heavy atom. The molecule has 0 saturated carbocycles. The molecule has 382 valence electrons. The molecule has 4 heterocycles. The van der Waals surface area contributed by atoms with Crippen LogP contribution < -0.4 is 9.80 Å². The molecular weight excluding hydrogens is 993 g/mol. The average Bonchev–Trinajstić information content (AvgIpc) is 1.70. The summed E-state index contributed by atoms with van der Waals surface area (Å²) in [4.78, 5) is 4.98. The first kappa shape index (κ1) is 46.0. The summed E-state index contributed by atoms with van der Waals surface area (Å²) in [7, 11) is 0. The second-order valence-electron chi connectivity index (χ2n) is 21.6. The molecule has 0 fully saturated rings. The van der Waals surface area contributed by atoms with Crippen LogP contribution in [0.1, 0.15) is 0 Å². The summed E-state index contributed by atoms with van der Waals surface area (Å²) in [5, 5.41) is 9.83. The minimum absolute atomic E-state index is 1.10. The van der Waals surface area contributed by atoms with E-state index in [0.29, 0.717) is 0 Å². The summed E-state index contributed by atoms with van der Waals surface area (Å²) >= 11 is 0. The molecule has 0 unspecified atom stereocenters. The van der Waals surface area contributed by atoms with Gasteiger partial charge in [-0.2, -0.15) is 0 Å². The summed E-state index contributed by atoms with van der Waals surface area (Å²) < 4.78 is 5.11. The molecule has 0 aliphatic heterocycles. The van der Waals surface area contributed by atoms with Crippen molar-refractivity contribution in [1.29, 1.82) is 0 Å². The fourth-order valence-corrected chi connectivity index (χ4v) is 13.6. The van der Waals surface area contributed by atoms with Gasteiger partial charge in [-0.3, -0.25) is 0 Å². The van der Waals surface area contributed by atoms with Gasteiger partial charge in [0.15, 0.2) is 0 Å². The Morgan fingerprint density at radius 1 is 0.207 bits per heavy atom. The van der Waals surface area contributed by atoms with Gasteiger partial charge in [-0.15, -0.1) is 0 Å². The highest BCUT2D eigenvalue weighted by atomic mass is 15.2. The first-order valence-corrected chi connectivity index (χ1v) is 28.3.